The number of anilines is 3. The van der Waals surface area contributed by atoms with Crippen LogP contribution in [0.5, 0.6) is 11.5 Å². The smallest absolute Gasteiger partial charge is 0.255 e. The van der Waals surface area contributed by atoms with Crippen LogP contribution in [-0.4, -0.2) is 30.1 Å². The van der Waals surface area contributed by atoms with Gasteiger partial charge in [-0.15, -0.1) is 0 Å². The number of carbonyl (C=O) groups excluding carboxylic acids is 1. The summed E-state index contributed by atoms with van der Waals surface area (Å²) in [5, 5.41) is 6.02. The summed E-state index contributed by atoms with van der Waals surface area (Å²) in [5.74, 6) is 1.59. The molecule has 2 N–H and O–H groups in total. The van der Waals surface area contributed by atoms with Gasteiger partial charge in [0, 0.05) is 34.8 Å². The van der Waals surface area contributed by atoms with Crippen LogP contribution >= 0.6 is 0 Å². The minimum atomic E-state index is -0.316. The summed E-state index contributed by atoms with van der Waals surface area (Å²) in [6, 6.07) is 19.8. The fourth-order valence-corrected chi connectivity index (χ4v) is 3.14. The molecule has 8 heteroatoms. The van der Waals surface area contributed by atoms with Gasteiger partial charge in [0.05, 0.1) is 14.2 Å². The van der Waals surface area contributed by atoms with E-state index in [2.05, 4.69) is 20.6 Å². The highest BCUT2D eigenvalue weighted by molar-refractivity contribution is 6.04. The first-order valence-corrected chi connectivity index (χ1v) is 10.0. The summed E-state index contributed by atoms with van der Waals surface area (Å²) in [6.45, 7) is 0. The van der Waals surface area contributed by atoms with Crippen molar-refractivity contribution in [1.82, 2.24) is 9.97 Å². The number of aromatic nitrogens is 2. The van der Waals surface area contributed by atoms with E-state index in [0.29, 0.717) is 40.0 Å². The Balaban J connectivity index is 1.44. The zero-order chi connectivity index (χ0) is 23.2. The predicted octanol–water partition coefficient (Wildman–Crippen LogP) is 5.30. The van der Waals surface area contributed by atoms with Crippen LogP contribution in [0.25, 0.3) is 11.4 Å². The second-order valence-electron chi connectivity index (χ2n) is 7.00. The molecule has 4 aromatic rings. The molecule has 1 aromatic heterocycles. The van der Waals surface area contributed by atoms with Gasteiger partial charge in [0.25, 0.3) is 5.91 Å². The van der Waals surface area contributed by atoms with Crippen LogP contribution in [0.15, 0.2) is 79.0 Å². The monoisotopic (exact) mass is 444 g/mol. The van der Waals surface area contributed by atoms with Crippen molar-refractivity contribution in [2.24, 2.45) is 0 Å². The molecule has 1 amide bonds. The number of methoxy groups -OCH3 is 2. The predicted molar refractivity (Wildman–Crippen MR) is 125 cm³/mol. The zero-order valence-corrected chi connectivity index (χ0v) is 18.0. The van der Waals surface area contributed by atoms with E-state index in [-0.39, 0.29) is 11.7 Å². The van der Waals surface area contributed by atoms with E-state index in [1.165, 1.54) is 19.2 Å². The summed E-state index contributed by atoms with van der Waals surface area (Å²) in [6.07, 6.45) is 1.62. The molecule has 0 saturated heterocycles. The van der Waals surface area contributed by atoms with Crippen molar-refractivity contribution in [2.45, 2.75) is 0 Å². The molecule has 0 spiro atoms. The molecule has 0 aliphatic carbocycles. The molecule has 0 bridgehead atoms. The second-order valence-corrected chi connectivity index (χ2v) is 7.00. The number of hydrogen-bond donors (Lipinski definition) is 2. The van der Waals surface area contributed by atoms with Crippen molar-refractivity contribution in [1.29, 1.82) is 0 Å². The van der Waals surface area contributed by atoms with Gasteiger partial charge in [-0.1, -0.05) is 0 Å². The highest BCUT2D eigenvalue weighted by atomic mass is 19.1. The van der Waals surface area contributed by atoms with Crippen LogP contribution < -0.4 is 20.1 Å². The molecular weight excluding hydrogens is 423 g/mol. The van der Waals surface area contributed by atoms with Crippen LogP contribution in [0.2, 0.25) is 0 Å². The Kier molecular flexibility index (Phi) is 6.45. The van der Waals surface area contributed by atoms with Crippen LogP contribution in [0.4, 0.5) is 21.6 Å². The van der Waals surface area contributed by atoms with Crippen molar-refractivity contribution in [2.75, 3.05) is 24.9 Å². The van der Waals surface area contributed by atoms with Gasteiger partial charge < -0.3 is 20.1 Å². The molecule has 166 valence electrons. The molecule has 0 radical (unpaired) electrons. The number of nitrogens with one attached hydrogen (secondary N) is 2. The number of amides is 1. The van der Waals surface area contributed by atoms with Crippen molar-refractivity contribution in [3.05, 3.63) is 90.4 Å². The Hall–Kier alpha value is -4.46. The molecule has 0 aliphatic rings. The van der Waals surface area contributed by atoms with Crippen LogP contribution in [0.3, 0.4) is 0 Å². The fourth-order valence-electron chi connectivity index (χ4n) is 3.14. The largest absolute Gasteiger partial charge is 0.493 e. The molecule has 4 rings (SSSR count). The number of carbonyl (C=O) groups is 1. The number of halogens is 1. The molecule has 3 aromatic carbocycles. The minimum Gasteiger partial charge on any atom is -0.493 e. The van der Waals surface area contributed by atoms with E-state index in [1.807, 2.05) is 0 Å². The average Bonchev–Trinajstić information content (AvgIpc) is 2.85. The molecule has 7 nitrogen and oxygen atoms in total. The van der Waals surface area contributed by atoms with Gasteiger partial charge in [0.2, 0.25) is 0 Å². The SMILES string of the molecule is COc1ccc(NC(=O)c2ccc(Nc3ccnc(-c4ccc(F)cc4)n3)cc2)cc1OC. The molecule has 0 aliphatic heterocycles. The highest BCUT2D eigenvalue weighted by Gasteiger charge is 2.10. The standard InChI is InChI=1S/C25H21FN4O3/c1-32-21-12-11-20(15-22(21)33-2)29-25(31)17-5-9-19(10-6-17)28-23-13-14-27-24(30-23)16-3-7-18(26)8-4-16/h3-15H,1-2H3,(H,29,31)(H,27,28,30). The highest BCUT2D eigenvalue weighted by Crippen LogP contribution is 2.30. The second kappa shape index (κ2) is 9.78. The zero-order valence-electron chi connectivity index (χ0n) is 18.0. The number of hydrogen-bond acceptors (Lipinski definition) is 6. The lowest BCUT2D eigenvalue weighted by Crippen LogP contribution is -2.12. The molecule has 0 saturated carbocycles. The third-order valence-electron chi connectivity index (χ3n) is 4.82. The van der Waals surface area contributed by atoms with E-state index in [9.17, 15) is 9.18 Å². The number of nitrogens with zero attached hydrogens (tertiary/aromatic N) is 2. The maximum Gasteiger partial charge on any atom is 0.255 e. The molecular formula is C25H21FN4O3. The fraction of sp³-hybridized carbons (Fsp3) is 0.0800. The van der Waals surface area contributed by atoms with Gasteiger partial charge in [-0.05, 0) is 66.7 Å². The van der Waals surface area contributed by atoms with E-state index in [4.69, 9.17) is 9.47 Å². The molecule has 0 atom stereocenters. The number of rotatable bonds is 7. The first-order valence-electron chi connectivity index (χ1n) is 10.0. The lowest BCUT2D eigenvalue weighted by Gasteiger charge is -2.11. The van der Waals surface area contributed by atoms with Crippen LogP contribution in [0, 0.1) is 5.82 Å². The Morgan fingerprint density at radius 1 is 0.848 bits per heavy atom. The van der Waals surface area contributed by atoms with E-state index in [1.54, 1.807) is 74.0 Å². The third kappa shape index (κ3) is 5.24. The summed E-state index contributed by atoms with van der Waals surface area (Å²) >= 11 is 0. The van der Waals surface area contributed by atoms with Crippen molar-refractivity contribution in [3.8, 4) is 22.9 Å². The van der Waals surface area contributed by atoms with Crippen LogP contribution in [-0.2, 0) is 0 Å². The van der Waals surface area contributed by atoms with Gasteiger partial charge in [0.15, 0.2) is 17.3 Å². The summed E-state index contributed by atoms with van der Waals surface area (Å²) in [4.78, 5) is 21.3. The lowest BCUT2D eigenvalue weighted by atomic mass is 10.2. The third-order valence-corrected chi connectivity index (χ3v) is 4.82. The Bertz CT molecular complexity index is 1260. The van der Waals surface area contributed by atoms with Gasteiger partial charge in [-0.25, -0.2) is 14.4 Å². The Labute approximate surface area is 190 Å². The first-order chi connectivity index (χ1) is 16.1. The average molecular weight is 444 g/mol. The van der Waals surface area contributed by atoms with Crippen molar-refractivity contribution < 1.29 is 18.7 Å². The van der Waals surface area contributed by atoms with Gasteiger partial charge in [0.1, 0.15) is 11.6 Å². The minimum absolute atomic E-state index is 0.255. The topological polar surface area (TPSA) is 85.4 Å². The van der Waals surface area contributed by atoms with E-state index in [0.717, 1.165) is 5.69 Å². The Morgan fingerprint density at radius 2 is 1.55 bits per heavy atom. The quantitative estimate of drug-likeness (QED) is 0.403. The molecule has 0 unspecified atom stereocenters. The summed E-state index contributed by atoms with van der Waals surface area (Å²) < 4.78 is 23.6. The molecule has 33 heavy (non-hydrogen) atoms. The summed E-state index contributed by atoms with van der Waals surface area (Å²) in [5.41, 5.74) is 2.54. The normalized spacial score (nSPS) is 10.4. The molecule has 1 heterocycles. The van der Waals surface area contributed by atoms with E-state index < -0.39 is 0 Å². The van der Waals surface area contributed by atoms with Crippen LogP contribution in [0.1, 0.15) is 10.4 Å². The lowest BCUT2D eigenvalue weighted by molar-refractivity contribution is 0.102. The Morgan fingerprint density at radius 3 is 2.24 bits per heavy atom. The number of ether oxygens (including phenoxy) is 2. The van der Waals surface area contributed by atoms with Gasteiger partial charge >= 0.3 is 0 Å². The maximum absolute atomic E-state index is 13.2. The summed E-state index contributed by atoms with van der Waals surface area (Å²) in [7, 11) is 3.09. The van der Waals surface area contributed by atoms with E-state index >= 15 is 0 Å². The maximum atomic E-state index is 13.2. The van der Waals surface area contributed by atoms with Gasteiger partial charge in [-0.3, -0.25) is 4.79 Å². The van der Waals surface area contributed by atoms with Crippen molar-refractivity contribution in [3.63, 3.8) is 0 Å². The van der Waals surface area contributed by atoms with Crippen molar-refractivity contribution >= 4 is 23.1 Å². The number of benzene rings is 3. The van der Waals surface area contributed by atoms with Gasteiger partial charge in [-0.2, -0.15) is 0 Å². The molecule has 0 fully saturated rings. The first kappa shape index (κ1) is 21.8.